The molecule has 0 spiro atoms. The molecule has 0 heterocycles. The van der Waals surface area contributed by atoms with Crippen molar-refractivity contribution in [2.75, 3.05) is 5.32 Å². The van der Waals surface area contributed by atoms with E-state index < -0.39 is 18.1 Å². The van der Waals surface area contributed by atoms with Crippen LogP contribution in [0.15, 0.2) is 22.7 Å². The minimum absolute atomic E-state index is 0.227. The molecule has 106 valence electrons. The van der Waals surface area contributed by atoms with Gasteiger partial charge in [0, 0.05) is 16.2 Å². The Labute approximate surface area is 119 Å². The van der Waals surface area contributed by atoms with E-state index in [1.54, 1.807) is 0 Å². The third-order valence-electron chi connectivity index (χ3n) is 3.72. The van der Waals surface area contributed by atoms with Gasteiger partial charge in [0.05, 0.1) is 5.92 Å². The van der Waals surface area contributed by atoms with Gasteiger partial charge in [0.15, 0.2) is 0 Å². The van der Waals surface area contributed by atoms with Gasteiger partial charge in [0.1, 0.15) is 0 Å². The number of rotatable bonds is 2. The first kappa shape index (κ1) is 14.7. The predicted molar refractivity (Wildman–Crippen MR) is 74.3 cm³/mol. The van der Waals surface area contributed by atoms with Gasteiger partial charge in [-0.25, -0.2) is 0 Å². The molecule has 1 aliphatic rings. The van der Waals surface area contributed by atoms with Crippen molar-refractivity contribution >= 4 is 21.6 Å². The van der Waals surface area contributed by atoms with Gasteiger partial charge in [-0.15, -0.1) is 0 Å². The highest BCUT2D eigenvalue weighted by molar-refractivity contribution is 9.10. The summed E-state index contributed by atoms with van der Waals surface area (Å²) in [5.74, 6) is -1.24. The summed E-state index contributed by atoms with van der Waals surface area (Å²) in [7, 11) is 0. The van der Waals surface area contributed by atoms with Crippen LogP contribution in [0.5, 0.6) is 0 Å². The lowest BCUT2D eigenvalue weighted by Gasteiger charge is -2.34. The van der Waals surface area contributed by atoms with E-state index in [0.717, 1.165) is 22.1 Å². The maximum absolute atomic E-state index is 13.0. The lowest BCUT2D eigenvalue weighted by atomic mass is 9.84. The molecule has 2 rings (SSSR count). The molecular weight excluding hydrogens is 319 g/mol. The number of aryl methyl sites for hydroxylation is 1. The minimum atomic E-state index is -4.12. The first-order valence-corrected chi connectivity index (χ1v) is 7.27. The number of anilines is 1. The van der Waals surface area contributed by atoms with E-state index in [4.69, 9.17) is 0 Å². The lowest BCUT2D eigenvalue weighted by Crippen LogP contribution is -2.41. The molecule has 1 nitrogen and oxygen atoms in total. The van der Waals surface area contributed by atoms with Gasteiger partial charge in [0.2, 0.25) is 0 Å². The molecule has 1 aliphatic carbocycles. The molecule has 0 radical (unpaired) electrons. The molecule has 2 atom stereocenters. The molecule has 0 aromatic heterocycles. The van der Waals surface area contributed by atoms with Gasteiger partial charge in [-0.05, 0) is 47.3 Å². The summed E-state index contributed by atoms with van der Waals surface area (Å²) in [5, 5.41) is 3.08. The average Bonchev–Trinajstić information content (AvgIpc) is 2.34. The Balaban J connectivity index is 2.18. The number of nitrogens with one attached hydrogen (secondary N) is 1. The van der Waals surface area contributed by atoms with Crippen LogP contribution >= 0.6 is 15.9 Å². The van der Waals surface area contributed by atoms with Crippen LogP contribution in [0.2, 0.25) is 0 Å². The summed E-state index contributed by atoms with van der Waals surface area (Å²) in [6, 6.07) is 5.08. The van der Waals surface area contributed by atoms with Crippen molar-refractivity contribution in [3.63, 3.8) is 0 Å². The van der Waals surface area contributed by atoms with Crippen LogP contribution in [-0.4, -0.2) is 12.2 Å². The maximum Gasteiger partial charge on any atom is 0.393 e. The third-order valence-corrected chi connectivity index (χ3v) is 4.77. The fourth-order valence-corrected chi connectivity index (χ4v) is 3.03. The fraction of sp³-hybridized carbons (Fsp3) is 0.571. The summed E-state index contributed by atoms with van der Waals surface area (Å²) in [6.45, 7) is 1.93. The molecule has 1 N–H and O–H groups in total. The Morgan fingerprint density at radius 3 is 2.58 bits per heavy atom. The van der Waals surface area contributed by atoms with Gasteiger partial charge in [-0.3, -0.25) is 0 Å². The molecule has 1 saturated carbocycles. The minimum Gasteiger partial charge on any atom is -0.381 e. The van der Waals surface area contributed by atoms with E-state index in [2.05, 4.69) is 21.2 Å². The van der Waals surface area contributed by atoms with Crippen LogP contribution in [0.25, 0.3) is 0 Å². The van der Waals surface area contributed by atoms with Gasteiger partial charge >= 0.3 is 6.18 Å². The third kappa shape index (κ3) is 3.44. The number of halogens is 4. The SMILES string of the molecule is Cc1cccc(NC2CCCCC2C(F)(F)F)c1Br. The van der Waals surface area contributed by atoms with E-state index >= 15 is 0 Å². The average molecular weight is 336 g/mol. The smallest absolute Gasteiger partial charge is 0.381 e. The monoisotopic (exact) mass is 335 g/mol. The summed E-state index contributed by atoms with van der Waals surface area (Å²) >= 11 is 3.43. The predicted octanol–water partition coefficient (Wildman–Crippen LogP) is 5.29. The van der Waals surface area contributed by atoms with E-state index in [1.807, 2.05) is 25.1 Å². The molecular formula is C14H17BrF3N. The quantitative estimate of drug-likeness (QED) is 0.774. The van der Waals surface area contributed by atoms with Crippen molar-refractivity contribution in [2.24, 2.45) is 5.92 Å². The second-order valence-corrected chi connectivity index (χ2v) is 5.91. The lowest BCUT2D eigenvalue weighted by molar-refractivity contribution is -0.184. The fourth-order valence-electron chi connectivity index (χ4n) is 2.65. The van der Waals surface area contributed by atoms with Crippen molar-refractivity contribution in [1.29, 1.82) is 0 Å². The van der Waals surface area contributed by atoms with Crippen LogP contribution in [0.1, 0.15) is 31.2 Å². The molecule has 0 bridgehead atoms. The molecule has 2 unspecified atom stereocenters. The van der Waals surface area contributed by atoms with E-state index in [0.29, 0.717) is 12.8 Å². The summed E-state index contributed by atoms with van der Waals surface area (Å²) in [6.07, 6.45) is -1.80. The number of alkyl halides is 3. The van der Waals surface area contributed by atoms with Crippen LogP contribution in [0, 0.1) is 12.8 Å². The molecule has 0 amide bonds. The first-order valence-electron chi connectivity index (χ1n) is 6.48. The first-order chi connectivity index (χ1) is 8.89. The molecule has 1 fully saturated rings. The standard InChI is InChI=1S/C14H17BrF3N/c1-9-5-4-8-12(13(9)15)19-11-7-3-2-6-10(11)14(16,17)18/h4-5,8,10-11,19H,2-3,6-7H2,1H3. The van der Waals surface area contributed by atoms with Gasteiger partial charge < -0.3 is 5.32 Å². The molecule has 0 aliphatic heterocycles. The number of hydrogen-bond donors (Lipinski definition) is 1. The van der Waals surface area contributed by atoms with Crippen LogP contribution in [-0.2, 0) is 0 Å². The Bertz CT molecular complexity index is 445. The Kier molecular flexibility index (Phi) is 4.43. The molecule has 19 heavy (non-hydrogen) atoms. The van der Waals surface area contributed by atoms with Crippen LogP contribution in [0.4, 0.5) is 18.9 Å². The van der Waals surface area contributed by atoms with E-state index in [-0.39, 0.29) is 6.42 Å². The van der Waals surface area contributed by atoms with Crippen molar-refractivity contribution in [2.45, 2.75) is 44.8 Å². The normalized spacial score (nSPS) is 24.3. The molecule has 1 aromatic rings. The Morgan fingerprint density at radius 2 is 1.89 bits per heavy atom. The molecule has 0 saturated heterocycles. The van der Waals surface area contributed by atoms with Gasteiger partial charge in [0.25, 0.3) is 0 Å². The zero-order valence-corrected chi connectivity index (χ0v) is 12.3. The second-order valence-electron chi connectivity index (χ2n) is 5.12. The van der Waals surface area contributed by atoms with E-state index in [1.165, 1.54) is 0 Å². The largest absolute Gasteiger partial charge is 0.393 e. The molecule has 1 aromatic carbocycles. The van der Waals surface area contributed by atoms with Crippen molar-refractivity contribution < 1.29 is 13.2 Å². The zero-order valence-electron chi connectivity index (χ0n) is 10.7. The second kappa shape index (κ2) is 5.73. The highest BCUT2D eigenvalue weighted by atomic mass is 79.9. The number of benzene rings is 1. The maximum atomic E-state index is 13.0. The van der Waals surface area contributed by atoms with Crippen molar-refractivity contribution in [3.05, 3.63) is 28.2 Å². The van der Waals surface area contributed by atoms with Crippen LogP contribution < -0.4 is 5.32 Å². The Morgan fingerprint density at radius 1 is 1.21 bits per heavy atom. The van der Waals surface area contributed by atoms with Gasteiger partial charge in [-0.2, -0.15) is 13.2 Å². The highest BCUT2D eigenvalue weighted by Gasteiger charge is 2.45. The Hall–Kier alpha value is -0.710. The zero-order chi connectivity index (χ0) is 14.0. The van der Waals surface area contributed by atoms with Crippen LogP contribution in [0.3, 0.4) is 0 Å². The highest BCUT2D eigenvalue weighted by Crippen LogP contribution is 2.40. The van der Waals surface area contributed by atoms with Crippen molar-refractivity contribution in [3.8, 4) is 0 Å². The van der Waals surface area contributed by atoms with E-state index in [9.17, 15) is 13.2 Å². The van der Waals surface area contributed by atoms with Gasteiger partial charge in [-0.1, -0.05) is 25.0 Å². The van der Waals surface area contributed by atoms with Crippen molar-refractivity contribution in [1.82, 2.24) is 0 Å². The number of hydrogen-bond acceptors (Lipinski definition) is 1. The summed E-state index contributed by atoms with van der Waals surface area (Å²) < 4.78 is 39.9. The summed E-state index contributed by atoms with van der Waals surface area (Å²) in [4.78, 5) is 0. The topological polar surface area (TPSA) is 12.0 Å². The summed E-state index contributed by atoms with van der Waals surface area (Å²) in [5.41, 5.74) is 1.77. The molecule has 5 heteroatoms.